The Labute approximate surface area is 147 Å². The molecule has 7 heteroatoms. The highest BCUT2D eigenvalue weighted by molar-refractivity contribution is 5.95. The number of ether oxygens (including phenoxy) is 2. The van der Waals surface area contributed by atoms with Gasteiger partial charge in [0.05, 0.1) is 25.9 Å². The number of benzene rings is 1. The average molecular weight is 359 g/mol. The minimum Gasteiger partial charge on any atom is -0.493 e. The fourth-order valence-corrected chi connectivity index (χ4v) is 3.69. The number of hydrogen-bond acceptors (Lipinski definition) is 4. The third-order valence-corrected chi connectivity index (χ3v) is 4.91. The van der Waals surface area contributed by atoms with Crippen LogP contribution >= 0.6 is 12.4 Å². The van der Waals surface area contributed by atoms with Gasteiger partial charge in [0.25, 0.3) is 0 Å². The lowest BCUT2D eigenvalue weighted by atomic mass is 9.85. The van der Waals surface area contributed by atoms with E-state index in [9.17, 15) is 9.18 Å². The number of rotatable bonds is 4. The van der Waals surface area contributed by atoms with E-state index in [2.05, 4.69) is 10.6 Å². The highest BCUT2D eigenvalue weighted by Gasteiger charge is 2.38. The van der Waals surface area contributed by atoms with Crippen molar-refractivity contribution in [1.82, 2.24) is 5.32 Å². The van der Waals surface area contributed by atoms with E-state index >= 15 is 0 Å². The van der Waals surface area contributed by atoms with Crippen molar-refractivity contribution in [2.24, 2.45) is 5.92 Å². The van der Waals surface area contributed by atoms with E-state index in [4.69, 9.17) is 9.47 Å². The summed E-state index contributed by atoms with van der Waals surface area (Å²) in [4.78, 5) is 12.5. The predicted octanol–water partition coefficient (Wildman–Crippen LogP) is 3.12. The molecule has 0 spiro atoms. The van der Waals surface area contributed by atoms with Gasteiger partial charge in [-0.15, -0.1) is 12.4 Å². The molecule has 0 aromatic heterocycles. The maximum atomic E-state index is 14.1. The van der Waals surface area contributed by atoms with E-state index in [0.717, 1.165) is 12.8 Å². The summed E-state index contributed by atoms with van der Waals surface area (Å²) < 4.78 is 24.3. The molecule has 3 atom stereocenters. The van der Waals surface area contributed by atoms with Crippen LogP contribution in [-0.4, -0.2) is 32.2 Å². The molecule has 2 fully saturated rings. The lowest BCUT2D eigenvalue weighted by molar-refractivity contribution is -0.117. The van der Waals surface area contributed by atoms with Crippen molar-refractivity contribution < 1.29 is 18.7 Å². The smallest absolute Gasteiger partial charge is 0.241 e. The maximum Gasteiger partial charge on any atom is 0.241 e. The first-order valence-corrected chi connectivity index (χ1v) is 8.10. The van der Waals surface area contributed by atoms with Gasteiger partial charge < -0.3 is 20.1 Å². The second-order valence-corrected chi connectivity index (χ2v) is 6.28. The van der Waals surface area contributed by atoms with Crippen molar-refractivity contribution in [2.75, 3.05) is 19.5 Å². The van der Waals surface area contributed by atoms with Crippen molar-refractivity contribution in [2.45, 2.75) is 44.2 Å². The normalized spacial score (nSPS) is 25.4. The zero-order valence-corrected chi connectivity index (χ0v) is 14.7. The largest absolute Gasteiger partial charge is 0.493 e. The van der Waals surface area contributed by atoms with E-state index in [1.165, 1.54) is 45.6 Å². The third kappa shape index (κ3) is 3.75. The lowest BCUT2D eigenvalue weighted by Crippen LogP contribution is -2.40. The predicted molar refractivity (Wildman–Crippen MR) is 92.7 cm³/mol. The molecule has 5 nitrogen and oxygen atoms in total. The monoisotopic (exact) mass is 358 g/mol. The highest BCUT2D eigenvalue weighted by atomic mass is 35.5. The van der Waals surface area contributed by atoms with Crippen LogP contribution in [-0.2, 0) is 4.79 Å². The van der Waals surface area contributed by atoms with Crippen molar-refractivity contribution >= 4 is 24.0 Å². The summed E-state index contributed by atoms with van der Waals surface area (Å²) >= 11 is 0. The van der Waals surface area contributed by atoms with Crippen LogP contribution in [0.5, 0.6) is 11.5 Å². The van der Waals surface area contributed by atoms with Gasteiger partial charge in [-0.3, -0.25) is 4.79 Å². The topological polar surface area (TPSA) is 59.6 Å². The minimum atomic E-state index is -0.536. The Kier molecular flexibility index (Phi) is 6.29. The molecular weight excluding hydrogens is 335 g/mol. The number of halogens is 2. The van der Waals surface area contributed by atoms with Crippen LogP contribution in [0.15, 0.2) is 12.1 Å². The first-order chi connectivity index (χ1) is 11.1. The molecule has 3 unspecified atom stereocenters. The van der Waals surface area contributed by atoms with Gasteiger partial charge in [0.15, 0.2) is 17.3 Å². The molecule has 3 rings (SSSR count). The second-order valence-electron chi connectivity index (χ2n) is 6.28. The summed E-state index contributed by atoms with van der Waals surface area (Å²) in [5, 5.41) is 6.07. The molecule has 2 aliphatic rings. The van der Waals surface area contributed by atoms with Crippen molar-refractivity contribution in [1.29, 1.82) is 0 Å². The van der Waals surface area contributed by atoms with Gasteiger partial charge in [0.2, 0.25) is 5.91 Å². The Morgan fingerprint density at radius 3 is 2.54 bits per heavy atom. The van der Waals surface area contributed by atoms with Crippen molar-refractivity contribution in [3.8, 4) is 11.5 Å². The molecule has 1 aliphatic heterocycles. The van der Waals surface area contributed by atoms with Gasteiger partial charge in [-0.1, -0.05) is 12.8 Å². The SMILES string of the molecule is COc1cc(F)c(NC(=O)C2CC3CCCCC3N2)cc1OC.Cl. The van der Waals surface area contributed by atoms with E-state index in [1.54, 1.807) is 0 Å². The molecule has 1 aromatic carbocycles. The molecule has 2 N–H and O–H groups in total. The number of carbonyl (C=O) groups excluding carboxylic acids is 1. The van der Waals surface area contributed by atoms with Crippen molar-refractivity contribution in [3.05, 3.63) is 17.9 Å². The summed E-state index contributed by atoms with van der Waals surface area (Å²) in [5.41, 5.74) is 0.115. The lowest BCUT2D eigenvalue weighted by Gasteiger charge is -2.24. The summed E-state index contributed by atoms with van der Waals surface area (Å²) in [6.45, 7) is 0. The van der Waals surface area contributed by atoms with E-state index in [0.29, 0.717) is 23.5 Å². The molecule has 0 radical (unpaired) electrons. The molecule has 1 amide bonds. The Balaban J connectivity index is 0.00000208. The Morgan fingerprint density at radius 1 is 1.21 bits per heavy atom. The fourth-order valence-electron chi connectivity index (χ4n) is 3.69. The maximum absolute atomic E-state index is 14.1. The molecule has 1 aliphatic carbocycles. The summed E-state index contributed by atoms with van der Waals surface area (Å²) in [7, 11) is 2.92. The van der Waals surface area contributed by atoms with Crippen LogP contribution in [0.2, 0.25) is 0 Å². The number of hydrogen-bond donors (Lipinski definition) is 2. The molecule has 1 aromatic rings. The van der Waals surface area contributed by atoms with Crippen molar-refractivity contribution in [3.63, 3.8) is 0 Å². The van der Waals surface area contributed by atoms with Crippen LogP contribution in [0.1, 0.15) is 32.1 Å². The van der Waals surface area contributed by atoms with Gasteiger partial charge in [0.1, 0.15) is 0 Å². The van der Waals surface area contributed by atoms with Gasteiger partial charge in [0, 0.05) is 18.2 Å². The van der Waals surface area contributed by atoms with E-state index in [-0.39, 0.29) is 30.0 Å². The molecule has 134 valence electrons. The number of anilines is 1. The first kappa shape index (κ1) is 18.8. The molecular formula is C17H24ClFN2O3. The molecule has 1 heterocycles. The molecule has 24 heavy (non-hydrogen) atoms. The van der Waals surface area contributed by atoms with E-state index < -0.39 is 5.82 Å². The summed E-state index contributed by atoms with van der Waals surface area (Å²) in [5.74, 6) is 0.525. The minimum absolute atomic E-state index is 0. The standard InChI is InChI=1S/C17H23FN2O3.ClH/c1-22-15-8-11(18)13(9-16(15)23-2)20-17(21)14-7-10-5-3-4-6-12(10)19-14;/h8-10,12,14,19H,3-7H2,1-2H3,(H,20,21);1H. The highest BCUT2D eigenvalue weighted by Crippen LogP contribution is 2.35. The van der Waals surface area contributed by atoms with Gasteiger partial charge in [-0.25, -0.2) is 4.39 Å². The molecule has 0 bridgehead atoms. The third-order valence-electron chi connectivity index (χ3n) is 4.91. The molecule has 1 saturated heterocycles. The van der Waals surface area contributed by atoms with Crippen LogP contribution < -0.4 is 20.1 Å². The first-order valence-electron chi connectivity index (χ1n) is 8.10. The molecule has 1 saturated carbocycles. The Bertz CT molecular complexity index is 585. The van der Waals surface area contributed by atoms with E-state index in [1.807, 2.05) is 0 Å². The summed E-state index contributed by atoms with van der Waals surface area (Å²) in [6, 6.07) is 2.84. The Morgan fingerprint density at radius 2 is 1.88 bits per heavy atom. The van der Waals surface area contributed by atoms with Gasteiger partial charge in [-0.2, -0.15) is 0 Å². The fraction of sp³-hybridized carbons (Fsp3) is 0.588. The Hall–Kier alpha value is -1.53. The number of methoxy groups -OCH3 is 2. The quantitative estimate of drug-likeness (QED) is 0.868. The average Bonchev–Trinajstić information content (AvgIpc) is 3.00. The van der Waals surface area contributed by atoms with Crippen LogP contribution in [0.25, 0.3) is 0 Å². The number of nitrogens with one attached hydrogen (secondary N) is 2. The van der Waals surface area contributed by atoms with Crippen LogP contribution in [0.3, 0.4) is 0 Å². The number of fused-ring (bicyclic) bond motifs is 1. The zero-order chi connectivity index (χ0) is 16.4. The van der Waals surface area contributed by atoms with Crippen LogP contribution in [0, 0.1) is 11.7 Å². The second kappa shape index (κ2) is 8.03. The van der Waals surface area contributed by atoms with Crippen LogP contribution in [0.4, 0.5) is 10.1 Å². The number of carbonyl (C=O) groups is 1. The van der Waals surface area contributed by atoms with Gasteiger partial charge in [-0.05, 0) is 25.2 Å². The summed E-state index contributed by atoms with van der Waals surface area (Å²) in [6.07, 6.45) is 5.57. The number of amides is 1. The zero-order valence-electron chi connectivity index (χ0n) is 13.9. The van der Waals surface area contributed by atoms with Gasteiger partial charge >= 0.3 is 0 Å².